The molecular weight excluding hydrogens is 188 g/mol. The Kier molecular flexibility index (Phi) is 1.15. The van der Waals surface area contributed by atoms with Crippen molar-refractivity contribution < 1.29 is 2.82 Å². The van der Waals surface area contributed by atoms with Crippen molar-refractivity contribution >= 4 is 27.9 Å². The lowest BCUT2D eigenvalue weighted by Crippen LogP contribution is -1.95. The van der Waals surface area contributed by atoms with E-state index in [1.165, 1.54) is 0 Å². The number of imidazole rings is 1. The molecule has 0 saturated carbocycles. The molecule has 0 aliphatic rings. The summed E-state index contributed by atoms with van der Waals surface area (Å²) in [6.45, 7) is 0. The highest BCUT2D eigenvalue weighted by atomic mass is 15.1. The van der Waals surface area contributed by atoms with Crippen molar-refractivity contribution in [1.29, 1.82) is 0 Å². The molecule has 0 amide bonds. The fraction of sp³-hybridized carbons (Fsp3) is 0.0909. The zero-order valence-corrected chi connectivity index (χ0v) is 8.18. The maximum Gasteiger partial charge on any atom is 0.200 e. The second-order valence-corrected chi connectivity index (χ2v) is 3.47. The van der Waals surface area contributed by atoms with Crippen molar-refractivity contribution in [3.05, 3.63) is 30.5 Å². The lowest BCUT2D eigenvalue weighted by atomic mass is 10.2. The molecule has 3 aromatic rings. The molecule has 0 bridgehead atoms. The number of aromatic nitrogens is 3. The number of nitrogens with zero attached hydrogens (tertiary/aromatic N) is 3. The molecule has 0 fully saturated rings. The molecule has 1 aromatic carbocycles. The second kappa shape index (κ2) is 2.70. The van der Waals surface area contributed by atoms with Crippen LogP contribution in [0.25, 0.3) is 21.9 Å². The van der Waals surface area contributed by atoms with E-state index in [9.17, 15) is 0 Å². The number of hydrogen-bond donors (Lipinski definition) is 1. The minimum atomic E-state index is 0.288. The van der Waals surface area contributed by atoms with E-state index in [0.29, 0.717) is 5.72 Å². The van der Waals surface area contributed by atoms with Crippen LogP contribution in [-0.2, 0) is 7.05 Å². The quantitative estimate of drug-likeness (QED) is 0.650. The molecule has 0 aliphatic heterocycles. The molecule has 4 nitrogen and oxygen atoms in total. The number of rotatable bonds is 1. The topological polar surface area (TPSA) is 56.7 Å². The third-order valence-corrected chi connectivity index (χ3v) is 2.61. The summed E-state index contributed by atoms with van der Waals surface area (Å²) in [7, 11) is 1.79. The van der Waals surface area contributed by atoms with E-state index >= 15 is 0 Å². The molecule has 0 radical (unpaired) electrons. The van der Waals surface area contributed by atoms with Gasteiger partial charge >= 0.3 is 0 Å². The van der Waals surface area contributed by atoms with Gasteiger partial charge in [-0.2, -0.15) is 0 Å². The summed E-state index contributed by atoms with van der Waals surface area (Å²) in [5.41, 5.74) is 3.05. The van der Waals surface area contributed by atoms with Gasteiger partial charge in [0.2, 0.25) is 5.95 Å². The van der Waals surface area contributed by atoms with E-state index in [4.69, 9.17) is 2.82 Å². The van der Waals surface area contributed by atoms with Gasteiger partial charge in [-0.1, -0.05) is 0 Å². The molecule has 0 spiro atoms. The smallest absolute Gasteiger partial charge is 0.200 e. The number of benzene rings is 1. The first-order valence-corrected chi connectivity index (χ1v) is 4.66. The minimum Gasteiger partial charge on any atom is -0.369 e. The molecular formula is C11H10N4. The zero-order chi connectivity index (χ0) is 12.0. The summed E-state index contributed by atoms with van der Waals surface area (Å²) >= 11 is 0. The van der Waals surface area contributed by atoms with E-state index in [0.717, 1.165) is 21.9 Å². The monoisotopic (exact) mass is 200 g/mol. The summed E-state index contributed by atoms with van der Waals surface area (Å²) in [5, 5.41) is 0.939. The summed E-state index contributed by atoms with van der Waals surface area (Å²) in [5.74, 6) is 0.288. The van der Waals surface area contributed by atoms with Crippen molar-refractivity contribution in [3.8, 4) is 0 Å². The van der Waals surface area contributed by atoms with Gasteiger partial charge in [-0.05, 0) is 24.3 Å². The average Bonchev–Trinajstić information content (AvgIpc) is 2.67. The van der Waals surface area contributed by atoms with E-state index in [1.54, 1.807) is 17.8 Å². The third-order valence-electron chi connectivity index (χ3n) is 2.61. The van der Waals surface area contributed by atoms with Crippen LogP contribution in [0.1, 0.15) is 0 Å². The molecule has 15 heavy (non-hydrogen) atoms. The molecule has 0 unspecified atom stereocenters. The van der Waals surface area contributed by atoms with Gasteiger partial charge in [0.1, 0.15) is 5.52 Å². The summed E-state index contributed by atoms with van der Waals surface area (Å²) < 4.78 is 16.3. The second-order valence-electron chi connectivity index (χ2n) is 3.47. The zero-order valence-electron chi connectivity index (χ0n) is 10.2. The van der Waals surface area contributed by atoms with E-state index in [2.05, 4.69) is 9.97 Å². The normalized spacial score (nSPS) is 12.9. The lowest BCUT2D eigenvalue weighted by molar-refractivity contribution is 0.965. The van der Waals surface area contributed by atoms with Crippen LogP contribution in [0.4, 0.5) is 5.95 Å². The van der Waals surface area contributed by atoms with Crippen molar-refractivity contribution in [2.75, 3.05) is 5.72 Å². The summed E-state index contributed by atoms with van der Waals surface area (Å²) in [6, 6.07) is 7.63. The summed E-state index contributed by atoms with van der Waals surface area (Å²) in [6.07, 6.45) is 1.74. The lowest BCUT2D eigenvalue weighted by Gasteiger charge is -1.98. The fourth-order valence-electron chi connectivity index (χ4n) is 1.80. The Morgan fingerprint density at radius 2 is 2.33 bits per heavy atom. The molecule has 74 valence electrons. The SMILES string of the molecule is [2H]N([2H])c1nc2c3cccnc3ccc2n1C. The van der Waals surface area contributed by atoms with E-state index < -0.39 is 0 Å². The number of fused-ring (bicyclic) bond motifs is 3. The minimum absolute atomic E-state index is 0.288. The standard InChI is InChI=1S/C11H10N4/c1-15-9-5-4-8-7(3-2-6-13-8)10(9)14-11(15)12/h2-6H,1H3,(H2,12,14)/i/hD2. The Morgan fingerprint density at radius 3 is 3.20 bits per heavy atom. The molecule has 3 rings (SSSR count). The Bertz CT molecular complexity index is 705. The summed E-state index contributed by atoms with van der Waals surface area (Å²) in [4.78, 5) is 8.57. The Balaban J connectivity index is 2.47. The van der Waals surface area contributed by atoms with Crippen molar-refractivity contribution in [1.82, 2.24) is 14.5 Å². The van der Waals surface area contributed by atoms with Crippen LogP contribution in [-0.4, -0.2) is 14.5 Å². The third kappa shape index (κ3) is 1.01. The molecule has 2 aromatic heterocycles. The van der Waals surface area contributed by atoms with Crippen LogP contribution in [0.15, 0.2) is 30.5 Å². The molecule has 2 N–H and O–H groups in total. The number of pyridine rings is 1. The first kappa shape index (κ1) is 6.40. The molecule has 0 atom stereocenters. The maximum absolute atomic E-state index is 7.30. The van der Waals surface area contributed by atoms with Crippen LogP contribution in [0.2, 0.25) is 2.82 Å². The van der Waals surface area contributed by atoms with Crippen molar-refractivity contribution in [2.45, 2.75) is 0 Å². The predicted molar refractivity (Wildman–Crippen MR) is 60.4 cm³/mol. The van der Waals surface area contributed by atoms with Gasteiger partial charge in [-0.25, -0.2) is 4.98 Å². The Labute approximate surface area is 89.3 Å². The first-order chi connectivity index (χ1) is 8.18. The highest BCUT2D eigenvalue weighted by Crippen LogP contribution is 2.24. The number of anilines is 1. The predicted octanol–water partition coefficient (Wildman–Crippen LogP) is 1.70. The van der Waals surface area contributed by atoms with Gasteiger partial charge in [-0.15, -0.1) is 0 Å². The van der Waals surface area contributed by atoms with Gasteiger partial charge in [0.05, 0.1) is 11.0 Å². The van der Waals surface area contributed by atoms with Gasteiger partial charge in [0.25, 0.3) is 0 Å². The number of nitrogen functional groups attached to an aromatic ring is 1. The van der Waals surface area contributed by atoms with E-state index in [1.807, 2.05) is 24.3 Å². The number of nitrogens with two attached hydrogens (primary N) is 1. The van der Waals surface area contributed by atoms with Crippen LogP contribution >= 0.6 is 0 Å². The van der Waals surface area contributed by atoms with Gasteiger partial charge in [0.15, 0.2) is 2.82 Å². The van der Waals surface area contributed by atoms with Gasteiger partial charge < -0.3 is 10.3 Å². The highest BCUT2D eigenvalue weighted by molar-refractivity contribution is 6.03. The van der Waals surface area contributed by atoms with Crippen LogP contribution in [0.5, 0.6) is 0 Å². The molecule has 0 saturated heterocycles. The van der Waals surface area contributed by atoms with Crippen LogP contribution in [0, 0.1) is 0 Å². The van der Waals surface area contributed by atoms with Gasteiger partial charge in [0, 0.05) is 18.6 Å². The van der Waals surface area contributed by atoms with E-state index in [-0.39, 0.29) is 5.95 Å². The maximum atomic E-state index is 7.30. The highest BCUT2D eigenvalue weighted by Gasteiger charge is 2.07. The Morgan fingerprint density at radius 1 is 1.40 bits per heavy atom. The Hall–Kier alpha value is -2.10. The number of aryl methyl sites for hydroxylation is 1. The van der Waals surface area contributed by atoms with Crippen LogP contribution in [0.3, 0.4) is 0 Å². The molecule has 2 heterocycles. The molecule has 0 aliphatic carbocycles. The van der Waals surface area contributed by atoms with Crippen molar-refractivity contribution in [2.24, 2.45) is 7.05 Å². The first-order valence-electron chi connectivity index (χ1n) is 5.56. The number of hydrogen-bond acceptors (Lipinski definition) is 3. The molecule has 4 heteroatoms. The fourth-order valence-corrected chi connectivity index (χ4v) is 1.80. The van der Waals surface area contributed by atoms with Crippen molar-refractivity contribution in [3.63, 3.8) is 0 Å². The van der Waals surface area contributed by atoms with Crippen LogP contribution < -0.4 is 5.72 Å². The largest absolute Gasteiger partial charge is 0.369 e. The van der Waals surface area contributed by atoms with Gasteiger partial charge in [-0.3, -0.25) is 4.98 Å². The average molecular weight is 200 g/mol.